The van der Waals surface area contributed by atoms with Gasteiger partial charge < -0.3 is 24.1 Å². The quantitative estimate of drug-likeness (QED) is 0.161. The van der Waals surface area contributed by atoms with Gasteiger partial charge in [0.25, 0.3) is 11.2 Å². The highest BCUT2D eigenvalue weighted by molar-refractivity contribution is 6.00. The van der Waals surface area contributed by atoms with E-state index in [0.717, 1.165) is 0 Å². The lowest BCUT2D eigenvalue weighted by Crippen LogP contribution is -2.56. The van der Waals surface area contributed by atoms with Gasteiger partial charge in [0, 0.05) is 36.0 Å². The molecule has 0 saturated carbocycles. The molecule has 0 amide bonds. The molecule has 0 bridgehead atoms. The zero-order chi connectivity index (χ0) is 35.3. The molecule has 0 radical (unpaired) electrons. The predicted octanol–water partition coefficient (Wildman–Crippen LogP) is 6.29. The second kappa shape index (κ2) is 14.3. The molecule has 2 aliphatic heterocycles. The minimum absolute atomic E-state index is 0.153. The van der Waals surface area contributed by atoms with Gasteiger partial charge in [-0.15, -0.1) is 0 Å². The molecule has 20 heteroatoms. The summed E-state index contributed by atoms with van der Waals surface area (Å²) in [5, 5.41) is 8.57. The van der Waals surface area contributed by atoms with Gasteiger partial charge in [0.15, 0.2) is 6.29 Å². The Morgan fingerprint density at radius 2 is 0.955 bits per heavy atom. The van der Waals surface area contributed by atoms with Gasteiger partial charge in [-0.2, -0.15) is 52.7 Å². The number of aliphatic hydroxyl groups excluding tert-OH is 1. The number of halogens is 12. The second-order valence-corrected chi connectivity index (χ2v) is 9.27. The molecule has 0 spiro atoms. The lowest BCUT2D eigenvalue weighted by molar-refractivity contribution is -0.385. The van der Waals surface area contributed by atoms with Gasteiger partial charge in [0.1, 0.15) is 0 Å². The molecule has 2 saturated heterocycles. The molecule has 0 aromatic heterocycles. The van der Waals surface area contributed by atoms with Gasteiger partial charge in [0.05, 0.1) is 0 Å². The minimum atomic E-state index is -5.64. The Morgan fingerprint density at radius 3 is 1.18 bits per heavy atom. The van der Waals surface area contributed by atoms with Crippen LogP contribution in [0.5, 0.6) is 0 Å². The highest BCUT2D eigenvalue weighted by atomic mass is 19.4. The van der Waals surface area contributed by atoms with Crippen molar-refractivity contribution in [1.82, 2.24) is 0 Å². The molecule has 2 fully saturated rings. The van der Waals surface area contributed by atoms with Crippen LogP contribution in [0, 0.1) is 0 Å². The number of alkyl halides is 12. The number of hydrogen-bond acceptors (Lipinski definition) is 8. The molecule has 44 heavy (non-hydrogen) atoms. The maximum absolute atomic E-state index is 12.6. The van der Waals surface area contributed by atoms with Crippen LogP contribution in [0.1, 0.15) is 46.5 Å². The summed E-state index contributed by atoms with van der Waals surface area (Å²) in [6, 6.07) is 0. The fraction of sp³-hybridized carbons (Fsp3) is 0.625. The summed E-state index contributed by atoms with van der Waals surface area (Å²) < 4.78 is 164. The Morgan fingerprint density at radius 1 is 0.636 bits per heavy atom. The van der Waals surface area contributed by atoms with Crippen molar-refractivity contribution in [3.05, 3.63) is 36.5 Å². The van der Waals surface area contributed by atoms with Crippen LogP contribution >= 0.6 is 0 Å². The van der Waals surface area contributed by atoms with Crippen molar-refractivity contribution >= 4 is 17.9 Å². The number of esters is 3. The molecule has 8 nitrogen and oxygen atoms in total. The predicted molar refractivity (Wildman–Crippen MR) is 122 cm³/mol. The Hall–Kier alpha value is -3.13. The van der Waals surface area contributed by atoms with E-state index >= 15 is 0 Å². The van der Waals surface area contributed by atoms with Crippen LogP contribution < -0.4 is 0 Å². The molecule has 0 aromatic carbocycles. The third kappa shape index (κ3) is 9.94. The summed E-state index contributed by atoms with van der Waals surface area (Å²) in [7, 11) is 0. The van der Waals surface area contributed by atoms with Crippen molar-refractivity contribution in [3.8, 4) is 0 Å². The topological polar surface area (TPSA) is 108 Å². The number of carbonyl (C=O) groups is 3. The van der Waals surface area contributed by atoms with Crippen molar-refractivity contribution in [2.75, 3.05) is 0 Å². The van der Waals surface area contributed by atoms with Crippen LogP contribution in [0.4, 0.5) is 52.7 Å². The molecule has 2 unspecified atom stereocenters. The first-order valence-corrected chi connectivity index (χ1v) is 11.7. The molecule has 2 aliphatic rings. The first-order chi connectivity index (χ1) is 19.5. The van der Waals surface area contributed by atoms with E-state index in [1.165, 1.54) is 20.8 Å². The number of carbonyl (C=O) groups excluding carboxylic acids is 3. The average Bonchev–Trinajstić information content (AvgIpc) is 3.44. The van der Waals surface area contributed by atoms with Gasteiger partial charge in [-0.1, -0.05) is 19.7 Å². The van der Waals surface area contributed by atoms with Crippen molar-refractivity contribution in [2.45, 2.75) is 94.9 Å². The highest BCUT2D eigenvalue weighted by Crippen LogP contribution is 2.54. The van der Waals surface area contributed by atoms with Crippen LogP contribution in [-0.4, -0.2) is 71.5 Å². The first kappa shape index (κ1) is 40.9. The molecule has 2 rings (SSSR count). The standard InChI is InChI=1S/C10H10F6O3.C8H10O3.C6H6F6O2/c1-5(2)7(17)18-6-3-4-8(19-6,9(11,12)13)10(14,15)16;1-5(2)7(9)11-8(10)6(3)4;7-5(8,9)4(6(10,11)12)2-1-3(13)14-4/h6H,1,3-4H2,2H3;1,3H2,2,4H3;3,13H,1-2H2. The van der Waals surface area contributed by atoms with Crippen LogP contribution in [0.3, 0.4) is 0 Å². The third-order valence-electron chi connectivity index (χ3n) is 5.45. The largest absolute Gasteiger partial charge is 0.432 e. The molecule has 0 aromatic rings. The third-order valence-corrected chi connectivity index (χ3v) is 5.45. The van der Waals surface area contributed by atoms with E-state index in [2.05, 4.69) is 38.7 Å². The van der Waals surface area contributed by atoms with E-state index in [4.69, 9.17) is 5.11 Å². The lowest BCUT2D eigenvalue weighted by Gasteiger charge is -2.32. The molecule has 1 N–H and O–H groups in total. The van der Waals surface area contributed by atoms with Crippen molar-refractivity contribution < 1.29 is 91.1 Å². The number of rotatable bonds is 4. The summed E-state index contributed by atoms with van der Waals surface area (Å²) in [5.74, 6) is -2.53. The maximum Gasteiger partial charge on any atom is 0.426 e. The Balaban J connectivity index is 0.000000658. The lowest BCUT2D eigenvalue weighted by atomic mass is 9.99. The second-order valence-electron chi connectivity index (χ2n) is 9.27. The van der Waals surface area contributed by atoms with E-state index in [1.54, 1.807) is 0 Å². The van der Waals surface area contributed by atoms with Crippen molar-refractivity contribution in [3.63, 3.8) is 0 Å². The fourth-order valence-corrected chi connectivity index (χ4v) is 3.06. The van der Waals surface area contributed by atoms with Crippen LogP contribution in [0.15, 0.2) is 36.5 Å². The Kier molecular flexibility index (Phi) is 13.3. The van der Waals surface area contributed by atoms with Crippen LogP contribution in [-0.2, 0) is 33.3 Å². The van der Waals surface area contributed by atoms with Crippen molar-refractivity contribution in [2.24, 2.45) is 0 Å². The summed E-state index contributed by atoms with van der Waals surface area (Å²) in [5.41, 5.74) is -8.27. The minimum Gasteiger partial charge on any atom is -0.432 e. The van der Waals surface area contributed by atoms with Crippen LogP contribution in [0.2, 0.25) is 0 Å². The summed E-state index contributed by atoms with van der Waals surface area (Å²) in [6.45, 7) is 13.9. The first-order valence-electron chi connectivity index (χ1n) is 11.7. The molecule has 2 heterocycles. The van der Waals surface area contributed by atoms with E-state index in [-0.39, 0.29) is 16.7 Å². The normalized spacial score (nSPS) is 21.1. The SMILES string of the molecule is C=C(C)C(=O)OC(=O)C(=C)C.C=C(C)C(=O)OC1CCC(C(F)(F)F)(C(F)(F)F)O1.OC1CCC(C(F)(F)F)(C(F)(F)F)O1. The van der Waals surface area contributed by atoms with E-state index in [9.17, 15) is 67.1 Å². The van der Waals surface area contributed by atoms with Gasteiger partial charge in [-0.25, -0.2) is 14.4 Å². The molecular formula is C24H26F12O8. The van der Waals surface area contributed by atoms with Gasteiger partial charge in [-0.05, 0) is 27.2 Å². The summed E-state index contributed by atoms with van der Waals surface area (Å²) in [4.78, 5) is 32.4. The van der Waals surface area contributed by atoms with Crippen molar-refractivity contribution in [1.29, 1.82) is 0 Å². The molecular weight excluding hydrogens is 644 g/mol. The zero-order valence-electron chi connectivity index (χ0n) is 22.9. The number of ether oxygens (including phenoxy) is 4. The average molecular weight is 670 g/mol. The zero-order valence-corrected chi connectivity index (χ0v) is 22.9. The summed E-state index contributed by atoms with van der Waals surface area (Å²) >= 11 is 0. The number of hydrogen-bond donors (Lipinski definition) is 1. The fourth-order valence-electron chi connectivity index (χ4n) is 3.06. The van der Waals surface area contributed by atoms with E-state index < -0.39 is 92.1 Å². The van der Waals surface area contributed by atoms with E-state index in [1.807, 2.05) is 0 Å². The van der Waals surface area contributed by atoms with Gasteiger partial charge in [0.2, 0.25) is 6.29 Å². The van der Waals surface area contributed by atoms with Gasteiger partial charge in [-0.3, -0.25) is 0 Å². The smallest absolute Gasteiger partial charge is 0.426 e. The molecule has 0 aliphatic carbocycles. The molecule has 2 atom stereocenters. The summed E-state index contributed by atoms with van der Waals surface area (Å²) in [6.07, 6.45) is -30.4. The van der Waals surface area contributed by atoms with E-state index in [0.29, 0.717) is 0 Å². The number of aliphatic hydroxyl groups is 1. The van der Waals surface area contributed by atoms with Crippen LogP contribution in [0.25, 0.3) is 0 Å². The maximum atomic E-state index is 12.6. The molecule has 254 valence electrons. The monoisotopic (exact) mass is 670 g/mol. The van der Waals surface area contributed by atoms with Gasteiger partial charge >= 0.3 is 42.6 Å². The Labute approximate surface area is 241 Å². The highest BCUT2D eigenvalue weighted by Gasteiger charge is 2.75. The Bertz CT molecular complexity index is 1050.